The fourth-order valence-corrected chi connectivity index (χ4v) is 14.0. The number of likely N-dealkylation sites (tertiary alicyclic amines) is 3. The zero-order chi connectivity index (χ0) is 49.0. The van der Waals surface area contributed by atoms with Crippen molar-refractivity contribution in [3.63, 3.8) is 0 Å². The van der Waals surface area contributed by atoms with Crippen LogP contribution in [0.1, 0.15) is 133 Å². The van der Waals surface area contributed by atoms with Crippen molar-refractivity contribution in [2.45, 2.75) is 146 Å². The van der Waals surface area contributed by atoms with Gasteiger partial charge >= 0.3 is 0 Å². The number of carbonyl (C=O) groups excluding carboxylic acids is 5. The predicted molar refractivity (Wildman–Crippen MR) is 273 cm³/mol. The molecular weight excluding hydrogens is 907 g/mol. The van der Waals surface area contributed by atoms with Gasteiger partial charge in [0.25, 0.3) is 0 Å². The Morgan fingerprint density at radius 1 is 0.806 bits per heavy atom. The Morgan fingerprint density at radius 2 is 1.58 bits per heavy atom. The molecule has 5 amide bonds. The standard InChI is InChI=1S/C56H69N11O5/c1-34(2)66-33-58-45-29-44(60-50(49(45)66)59-38-8-9-38)36-6-11-42-46(26-36)67(40-27-39(28-40)62-19-4-3-5-20-62)54(72)56(42)17-24-64(25-18-56)53(71)43-30-55(43)16-23-65(32-55)52(70)35-14-21-63(22-15-35)47-12-7-37(31-57-47)41-10-13-48(68)61-51(41)69/h6-7,11-12,26,29,31,33-35,38-41,43H,3-5,8-10,13-25,27-28,30,32H2,1-2H3,(H,59,60)(H,61,68,69)/t39?,40?,41-,43?,55?/m1/s1. The number of nitrogens with one attached hydrogen (secondary N) is 2. The molecule has 16 nitrogen and oxygen atoms in total. The summed E-state index contributed by atoms with van der Waals surface area (Å²) in [7, 11) is 0. The smallest absolute Gasteiger partial charge is 0.238 e. The predicted octanol–water partition coefficient (Wildman–Crippen LogP) is 6.55. The van der Waals surface area contributed by atoms with Crippen molar-refractivity contribution in [1.82, 2.24) is 39.5 Å². The van der Waals surface area contributed by atoms with Crippen molar-refractivity contribution in [1.29, 1.82) is 0 Å². The number of fused-ring (bicyclic) bond motifs is 3. The minimum absolute atomic E-state index is 0.0558. The molecule has 9 aliphatic rings. The van der Waals surface area contributed by atoms with Crippen LogP contribution < -0.4 is 20.4 Å². The molecule has 2 unspecified atom stereocenters. The summed E-state index contributed by atoms with van der Waals surface area (Å²) in [5, 5.41) is 6.14. The number of aromatic nitrogens is 4. The van der Waals surface area contributed by atoms with Crippen molar-refractivity contribution >= 4 is 57.9 Å². The van der Waals surface area contributed by atoms with Gasteiger partial charge in [0.1, 0.15) is 11.3 Å². The molecule has 4 aromatic rings. The van der Waals surface area contributed by atoms with Gasteiger partial charge in [-0.2, -0.15) is 0 Å². The number of imide groups is 1. The van der Waals surface area contributed by atoms with Gasteiger partial charge in [0.05, 0.1) is 28.9 Å². The summed E-state index contributed by atoms with van der Waals surface area (Å²) in [6.07, 6.45) is 17.0. The van der Waals surface area contributed by atoms with Crippen LogP contribution in [0.3, 0.4) is 0 Å². The average molecular weight is 976 g/mol. The number of hydrogen-bond donors (Lipinski definition) is 2. The van der Waals surface area contributed by atoms with E-state index in [0.717, 1.165) is 128 Å². The van der Waals surface area contributed by atoms with E-state index < -0.39 is 5.41 Å². The molecule has 378 valence electrons. The second-order valence-corrected chi connectivity index (χ2v) is 23.4. The van der Waals surface area contributed by atoms with Crippen LogP contribution in [0.4, 0.5) is 17.3 Å². The van der Waals surface area contributed by atoms with E-state index in [2.05, 4.69) is 73.0 Å². The minimum Gasteiger partial charge on any atom is -0.366 e. The van der Waals surface area contributed by atoms with Crippen LogP contribution in [0.2, 0.25) is 0 Å². The Hall–Kier alpha value is -5.90. The summed E-state index contributed by atoms with van der Waals surface area (Å²) < 4.78 is 2.20. The highest BCUT2D eigenvalue weighted by Gasteiger charge is 2.63. The number of piperidine rings is 4. The van der Waals surface area contributed by atoms with Crippen molar-refractivity contribution < 1.29 is 24.0 Å². The summed E-state index contributed by atoms with van der Waals surface area (Å²) in [6, 6.07) is 13.9. The van der Waals surface area contributed by atoms with Crippen molar-refractivity contribution in [3.8, 4) is 11.3 Å². The van der Waals surface area contributed by atoms with Gasteiger partial charge in [-0.15, -0.1) is 0 Å². The van der Waals surface area contributed by atoms with Crippen LogP contribution in [0.25, 0.3) is 22.3 Å². The molecule has 8 fully saturated rings. The Balaban J connectivity index is 0.670. The molecule has 2 spiro atoms. The van der Waals surface area contributed by atoms with Gasteiger partial charge in [-0.3, -0.25) is 29.3 Å². The van der Waals surface area contributed by atoms with E-state index in [4.69, 9.17) is 9.97 Å². The average Bonchev–Trinajstić information content (AvgIpc) is 4.21. The molecule has 0 bridgehead atoms. The highest BCUT2D eigenvalue weighted by molar-refractivity contribution is 6.09. The van der Waals surface area contributed by atoms with Crippen LogP contribution in [0.5, 0.6) is 0 Å². The quantitative estimate of drug-likeness (QED) is 0.166. The van der Waals surface area contributed by atoms with Crippen LogP contribution in [0.15, 0.2) is 48.9 Å². The number of anilines is 3. The minimum atomic E-state index is -0.671. The molecular formula is C56H69N11O5. The monoisotopic (exact) mass is 976 g/mol. The maximum absolute atomic E-state index is 15.3. The van der Waals surface area contributed by atoms with Crippen LogP contribution in [0, 0.1) is 17.3 Å². The number of imidazole rings is 1. The summed E-state index contributed by atoms with van der Waals surface area (Å²) in [6.45, 7) is 10.5. The zero-order valence-corrected chi connectivity index (χ0v) is 42.0. The Kier molecular flexibility index (Phi) is 11.3. The number of carbonyl (C=O) groups is 5. The maximum atomic E-state index is 15.3. The first kappa shape index (κ1) is 45.9. The van der Waals surface area contributed by atoms with Crippen LogP contribution >= 0.6 is 0 Å². The Bertz CT molecular complexity index is 2830. The summed E-state index contributed by atoms with van der Waals surface area (Å²) >= 11 is 0. The molecule has 3 atom stereocenters. The lowest BCUT2D eigenvalue weighted by molar-refractivity contribution is -0.138. The number of benzene rings is 1. The molecule has 5 saturated heterocycles. The SMILES string of the molecule is CC(C)n1cnc2cc(-c3ccc4c(c3)N(C3CC(N5CCCCC5)C3)C(=O)C43CCN(C(=O)C4CC45CCN(C(=O)C4CCN(c6ccc([C@H]7CCC(=O)NC7=O)cn6)CC4)C5)CC3)nc(NC3CC3)c21. The molecule has 6 aliphatic heterocycles. The van der Waals surface area contributed by atoms with Gasteiger partial charge in [0.15, 0.2) is 5.82 Å². The second kappa shape index (κ2) is 17.7. The summed E-state index contributed by atoms with van der Waals surface area (Å²) in [5.41, 5.74) is 5.92. The lowest BCUT2D eigenvalue weighted by Gasteiger charge is -2.48. The molecule has 72 heavy (non-hydrogen) atoms. The van der Waals surface area contributed by atoms with Gasteiger partial charge < -0.3 is 34.4 Å². The number of rotatable bonds is 10. The molecule has 0 radical (unpaired) electrons. The fourth-order valence-electron chi connectivity index (χ4n) is 14.0. The highest BCUT2D eigenvalue weighted by atomic mass is 16.2. The molecule has 1 aromatic carbocycles. The van der Waals surface area contributed by atoms with E-state index in [0.29, 0.717) is 63.9 Å². The van der Waals surface area contributed by atoms with Crippen LogP contribution in [-0.4, -0.2) is 134 Å². The third-order valence-corrected chi connectivity index (χ3v) is 18.8. The molecule has 3 aromatic heterocycles. The second-order valence-electron chi connectivity index (χ2n) is 23.4. The lowest BCUT2D eigenvalue weighted by Crippen LogP contribution is -2.58. The molecule has 3 saturated carbocycles. The summed E-state index contributed by atoms with van der Waals surface area (Å²) in [5.74, 6) is 1.33. The fraction of sp³-hybridized carbons (Fsp3) is 0.607. The van der Waals surface area contributed by atoms with E-state index in [1.807, 2.05) is 28.3 Å². The third kappa shape index (κ3) is 7.87. The molecule has 3 aliphatic carbocycles. The first-order valence-electron chi connectivity index (χ1n) is 27.4. The number of hydrogen-bond acceptors (Lipinski definition) is 11. The molecule has 9 heterocycles. The van der Waals surface area contributed by atoms with Gasteiger partial charge in [-0.1, -0.05) is 24.6 Å². The Labute approximate surface area is 421 Å². The number of amides is 5. The maximum Gasteiger partial charge on any atom is 0.238 e. The summed E-state index contributed by atoms with van der Waals surface area (Å²) in [4.78, 5) is 93.7. The van der Waals surface area contributed by atoms with Crippen molar-refractivity contribution in [2.75, 3.05) is 67.5 Å². The van der Waals surface area contributed by atoms with Crippen molar-refractivity contribution in [3.05, 3.63) is 60.0 Å². The largest absolute Gasteiger partial charge is 0.366 e. The molecule has 13 rings (SSSR count). The third-order valence-electron chi connectivity index (χ3n) is 18.8. The van der Waals surface area contributed by atoms with Gasteiger partial charge in [-0.05, 0) is 140 Å². The Morgan fingerprint density at radius 3 is 2.31 bits per heavy atom. The zero-order valence-electron chi connectivity index (χ0n) is 42.0. The molecule has 2 N–H and O–H groups in total. The van der Waals surface area contributed by atoms with E-state index in [9.17, 15) is 19.2 Å². The number of pyridine rings is 2. The van der Waals surface area contributed by atoms with E-state index in [-0.39, 0.29) is 64.8 Å². The normalized spacial score (nSPS) is 28.6. The topological polar surface area (TPSA) is 169 Å². The molecule has 16 heteroatoms. The van der Waals surface area contributed by atoms with Gasteiger partial charge in [0.2, 0.25) is 29.5 Å². The van der Waals surface area contributed by atoms with Gasteiger partial charge in [-0.25, -0.2) is 15.0 Å². The van der Waals surface area contributed by atoms with Gasteiger partial charge in [0, 0.05) is 105 Å². The van der Waals surface area contributed by atoms with E-state index in [1.54, 1.807) is 6.20 Å². The van der Waals surface area contributed by atoms with Crippen molar-refractivity contribution in [2.24, 2.45) is 17.3 Å². The highest BCUT2D eigenvalue weighted by Crippen LogP contribution is 2.60. The first-order chi connectivity index (χ1) is 34.9. The first-order valence-corrected chi connectivity index (χ1v) is 27.4. The van der Waals surface area contributed by atoms with E-state index in [1.165, 1.54) is 19.3 Å². The van der Waals surface area contributed by atoms with E-state index >= 15 is 4.79 Å². The number of nitrogens with zero attached hydrogens (tertiary/aromatic N) is 9. The lowest BCUT2D eigenvalue weighted by atomic mass is 9.73. The van der Waals surface area contributed by atoms with Crippen LogP contribution in [-0.2, 0) is 29.4 Å².